The number of nitrogens with one attached hydrogen (secondary N) is 1. The van der Waals surface area contributed by atoms with Crippen molar-refractivity contribution in [3.8, 4) is 5.75 Å². The second-order valence-corrected chi connectivity index (χ2v) is 8.60. The van der Waals surface area contributed by atoms with Crippen molar-refractivity contribution in [2.75, 3.05) is 13.1 Å². The van der Waals surface area contributed by atoms with Gasteiger partial charge in [-0.05, 0) is 82.2 Å². The predicted molar refractivity (Wildman–Crippen MR) is 123 cm³/mol. The maximum Gasteiger partial charge on any atom is 0.136 e. The highest BCUT2D eigenvalue weighted by molar-refractivity contribution is 6.14. The summed E-state index contributed by atoms with van der Waals surface area (Å²) in [6.45, 7) is 10.0. The van der Waals surface area contributed by atoms with Crippen LogP contribution in [-0.2, 0) is 0 Å². The number of rotatable bonds is 10. The molecule has 1 aromatic rings. The van der Waals surface area contributed by atoms with Crippen molar-refractivity contribution in [2.45, 2.75) is 65.4 Å². The number of nitrogens with zero attached hydrogens (tertiary/aromatic N) is 1. The van der Waals surface area contributed by atoms with Gasteiger partial charge in [0, 0.05) is 12.2 Å². The van der Waals surface area contributed by atoms with E-state index in [1.165, 1.54) is 6.07 Å². The lowest BCUT2D eigenvalue weighted by atomic mass is 9.98. The van der Waals surface area contributed by atoms with E-state index < -0.39 is 11.4 Å². The first-order chi connectivity index (χ1) is 14.1. The maximum atomic E-state index is 15.0. The molecule has 0 atom stereocenters. The summed E-state index contributed by atoms with van der Waals surface area (Å²) in [5.41, 5.74) is 2.29. The Hall–Kier alpha value is -2.40. The predicted octanol–water partition coefficient (Wildman–Crippen LogP) is 5.37. The first-order valence-electron chi connectivity index (χ1n) is 10.7. The zero-order chi connectivity index (χ0) is 22.3. The summed E-state index contributed by atoms with van der Waals surface area (Å²) < 4.78 is 15.0. The third kappa shape index (κ3) is 7.45. The lowest BCUT2D eigenvalue weighted by Crippen LogP contribution is -2.33. The van der Waals surface area contributed by atoms with Crippen molar-refractivity contribution in [1.82, 2.24) is 5.32 Å². The van der Waals surface area contributed by atoms with Crippen LogP contribution in [-0.4, -0.2) is 34.6 Å². The highest BCUT2D eigenvalue weighted by Gasteiger charge is 2.27. The van der Waals surface area contributed by atoms with Crippen molar-refractivity contribution < 1.29 is 14.6 Å². The fourth-order valence-electron chi connectivity index (χ4n) is 3.03. The molecule has 2 rings (SSSR count). The van der Waals surface area contributed by atoms with Crippen LogP contribution in [0.5, 0.6) is 5.75 Å². The van der Waals surface area contributed by atoms with Gasteiger partial charge in [-0.2, -0.15) is 0 Å². The van der Waals surface area contributed by atoms with E-state index in [1.807, 2.05) is 45.1 Å². The van der Waals surface area contributed by atoms with Crippen LogP contribution in [0.2, 0.25) is 0 Å². The molecule has 0 radical (unpaired) electrons. The molecule has 1 aromatic carbocycles. The highest BCUT2D eigenvalue weighted by atomic mass is 19.1. The Bertz CT molecular complexity index is 833. The monoisotopic (exact) mass is 414 g/mol. The normalized spacial score (nSPS) is 16.4. The standard InChI is InChI=1S/C25H35FN2O2/c1-6-7-8-9-17(2)24(27-13-12-18(3)28-16-25(4,5)30)23-21(26)14-20(15-22(23)29)19-10-11-19/h7-9,12,14-15,19,28-30H,6,10-11,13,16H2,1-5H3/b8-7-,17-9+,18-12+,27-24?. The van der Waals surface area contributed by atoms with Gasteiger partial charge in [-0.15, -0.1) is 0 Å². The molecular formula is C25H35FN2O2. The van der Waals surface area contributed by atoms with Gasteiger partial charge in [0.15, 0.2) is 0 Å². The van der Waals surface area contributed by atoms with Gasteiger partial charge in [0.25, 0.3) is 0 Å². The number of phenols is 1. The second kappa shape index (κ2) is 10.6. The Balaban J connectivity index is 2.32. The molecule has 0 aliphatic heterocycles. The van der Waals surface area contributed by atoms with E-state index >= 15 is 0 Å². The lowest BCUT2D eigenvalue weighted by molar-refractivity contribution is 0.0826. The summed E-state index contributed by atoms with van der Waals surface area (Å²) in [5.74, 6) is -0.149. The molecule has 0 amide bonds. The van der Waals surface area contributed by atoms with E-state index in [-0.39, 0.29) is 11.3 Å². The molecular weight excluding hydrogens is 379 g/mol. The Morgan fingerprint density at radius 2 is 2.00 bits per heavy atom. The number of halogens is 1. The summed E-state index contributed by atoms with van der Waals surface area (Å²) in [6, 6.07) is 3.20. The Morgan fingerprint density at radius 1 is 1.30 bits per heavy atom. The summed E-state index contributed by atoms with van der Waals surface area (Å²) in [6.07, 6.45) is 10.7. The minimum atomic E-state index is -0.813. The molecule has 0 spiro atoms. The molecule has 164 valence electrons. The number of benzene rings is 1. The molecule has 1 fully saturated rings. The molecule has 30 heavy (non-hydrogen) atoms. The van der Waals surface area contributed by atoms with Crippen molar-refractivity contribution in [3.63, 3.8) is 0 Å². The molecule has 1 aliphatic rings. The Kier molecular flexibility index (Phi) is 8.42. The summed E-state index contributed by atoms with van der Waals surface area (Å²) >= 11 is 0. The van der Waals surface area contributed by atoms with Crippen LogP contribution in [0.4, 0.5) is 4.39 Å². The second-order valence-electron chi connectivity index (χ2n) is 8.60. The fourth-order valence-corrected chi connectivity index (χ4v) is 3.03. The van der Waals surface area contributed by atoms with Gasteiger partial charge in [-0.25, -0.2) is 4.39 Å². The molecule has 3 N–H and O–H groups in total. The van der Waals surface area contributed by atoms with E-state index in [9.17, 15) is 14.6 Å². The van der Waals surface area contributed by atoms with Crippen LogP contribution in [0.25, 0.3) is 0 Å². The molecule has 0 heterocycles. The number of aliphatic imine (C=N–C) groups is 1. The van der Waals surface area contributed by atoms with Gasteiger partial charge < -0.3 is 15.5 Å². The van der Waals surface area contributed by atoms with Gasteiger partial charge in [0.1, 0.15) is 11.6 Å². The molecule has 1 saturated carbocycles. The molecule has 5 heteroatoms. The van der Waals surface area contributed by atoms with Crippen LogP contribution < -0.4 is 5.32 Å². The molecule has 1 aliphatic carbocycles. The first-order valence-corrected chi connectivity index (χ1v) is 10.7. The fraction of sp³-hybridized carbons (Fsp3) is 0.480. The van der Waals surface area contributed by atoms with E-state index in [0.717, 1.165) is 36.1 Å². The molecule has 0 unspecified atom stereocenters. The van der Waals surface area contributed by atoms with E-state index in [4.69, 9.17) is 0 Å². The molecule has 0 saturated heterocycles. The van der Waals surface area contributed by atoms with Gasteiger partial charge in [-0.1, -0.05) is 25.2 Å². The Labute approximate surface area is 179 Å². The first kappa shape index (κ1) is 23.9. The lowest BCUT2D eigenvalue weighted by Gasteiger charge is -2.18. The van der Waals surface area contributed by atoms with Crippen molar-refractivity contribution in [1.29, 1.82) is 0 Å². The number of hydrogen-bond acceptors (Lipinski definition) is 4. The summed E-state index contributed by atoms with van der Waals surface area (Å²) in [7, 11) is 0. The van der Waals surface area contributed by atoms with Crippen molar-refractivity contribution in [2.24, 2.45) is 4.99 Å². The Morgan fingerprint density at radius 3 is 2.57 bits per heavy atom. The third-order valence-electron chi connectivity index (χ3n) is 4.92. The molecule has 0 aromatic heterocycles. The minimum Gasteiger partial charge on any atom is -0.507 e. The van der Waals surface area contributed by atoms with Crippen LogP contribution in [0, 0.1) is 5.82 Å². The quantitative estimate of drug-likeness (QED) is 0.356. The number of aliphatic hydroxyl groups is 1. The summed E-state index contributed by atoms with van der Waals surface area (Å²) in [5, 5.41) is 23.6. The highest BCUT2D eigenvalue weighted by Crippen LogP contribution is 2.42. The van der Waals surface area contributed by atoms with Crippen LogP contribution in [0.15, 0.2) is 52.7 Å². The van der Waals surface area contributed by atoms with Gasteiger partial charge >= 0.3 is 0 Å². The smallest absolute Gasteiger partial charge is 0.136 e. The van der Waals surface area contributed by atoms with Crippen molar-refractivity contribution >= 4 is 5.71 Å². The largest absolute Gasteiger partial charge is 0.507 e. The number of allylic oxidation sites excluding steroid dienone is 5. The summed E-state index contributed by atoms with van der Waals surface area (Å²) in [4.78, 5) is 4.60. The number of aromatic hydroxyl groups is 1. The van der Waals surface area contributed by atoms with Gasteiger partial charge in [0.2, 0.25) is 0 Å². The average Bonchev–Trinajstić information content (AvgIpc) is 3.49. The topological polar surface area (TPSA) is 64.9 Å². The third-order valence-corrected chi connectivity index (χ3v) is 4.92. The zero-order valence-corrected chi connectivity index (χ0v) is 18.8. The zero-order valence-electron chi connectivity index (χ0n) is 18.8. The molecule has 0 bridgehead atoms. The van der Waals surface area contributed by atoms with Crippen LogP contribution >= 0.6 is 0 Å². The number of hydrogen-bond donors (Lipinski definition) is 3. The number of phenolic OH excluding ortho intramolecular Hbond substituents is 1. The van der Waals surface area contributed by atoms with Crippen LogP contribution in [0.3, 0.4) is 0 Å². The molecule has 4 nitrogen and oxygen atoms in total. The van der Waals surface area contributed by atoms with Crippen molar-refractivity contribution in [3.05, 3.63) is 64.7 Å². The minimum absolute atomic E-state index is 0.0660. The van der Waals surface area contributed by atoms with Gasteiger partial charge in [-0.3, -0.25) is 4.99 Å². The van der Waals surface area contributed by atoms with Gasteiger partial charge in [0.05, 0.1) is 23.4 Å². The average molecular weight is 415 g/mol. The maximum absolute atomic E-state index is 15.0. The SMILES string of the molecule is CC/C=C\C=C(/C)C(=NC/C=C(\C)NCC(C)(C)O)c1c(O)cc(C2CC2)cc1F. The van der Waals surface area contributed by atoms with E-state index in [1.54, 1.807) is 19.9 Å². The van der Waals surface area contributed by atoms with E-state index in [0.29, 0.717) is 24.7 Å². The van der Waals surface area contributed by atoms with E-state index in [2.05, 4.69) is 10.3 Å². The van der Waals surface area contributed by atoms with Crippen LogP contribution in [0.1, 0.15) is 70.9 Å².